The maximum atomic E-state index is 12.6. The van der Waals surface area contributed by atoms with Gasteiger partial charge in [-0.3, -0.25) is 9.88 Å². The topological polar surface area (TPSA) is 74.8 Å². The highest BCUT2D eigenvalue weighted by molar-refractivity contribution is 7.89. The molecule has 1 N–H and O–H groups in total. The molecule has 7 nitrogen and oxygen atoms in total. The summed E-state index contributed by atoms with van der Waals surface area (Å²) in [6, 6.07) is 20.2. The monoisotopic (exact) mass is 534 g/mol. The largest absolute Gasteiger partial charge is 0.495 e. The van der Waals surface area contributed by atoms with Crippen molar-refractivity contribution in [3.8, 4) is 16.9 Å². The Balaban J connectivity index is 1.06. The second-order valence-corrected chi connectivity index (χ2v) is 12.1. The Morgan fingerprint density at radius 2 is 1.68 bits per heavy atom. The van der Waals surface area contributed by atoms with E-state index in [4.69, 9.17) is 4.74 Å². The minimum absolute atomic E-state index is 0.0169. The Morgan fingerprint density at radius 3 is 2.37 bits per heavy atom. The summed E-state index contributed by atoms with van der Waals surface area (Å²) in [6.07, 6.45) is 8.12. The molecule has 3 aromatic rings. The average molecular weight is 535 g/mol. The molecule has 1 aliphatic carbocycles. The third kappa shape index (κ3) is 6.54. The van der Waals surface area contributed by atoms with E-state index in [9.17, 15) is 8.42 Å². The van der Waals surface area contributed by atoms with Gasteiger partial charge in [-0.25, -0.2) is 13.1 Å². The van der Waals surface area contributed by atoms with Crippen LogP contribution >= 0.6 is 0 Å². The summed E-state index contributed by atoms with van der Waals surface area (Å²) in [4.78, 5) is 9.18. The number of hydrogen-bond acceptors (Lipinski definition) is 6. The number of nitrogens with zero attached hydrogens (tertiary/aromatic N) is 3. The Bertz CT molecular complexity index is 1270. The van der Waals surface area contributed by atoms with Crippen LogP contribution < -0.4 is 14.4 Å². The van der Waals surface area contributed by atoms with Crippen LogP contribution in [0, 0.1) is 5.92 Å². The van der Waals surface area contributed by atoms with Crippen LogP contribution in [0.3, 0.4) is 0 Å². The fraction of sp³-hybridized carbons (Fsp3) is 0.433. The molecule has 38 heavy (non-hydrogen) atoms. The molecule has 0 radical (unpaired) electrons. The van der Waals surface area contributed by atoms with E-state index in [0.29, 0.717) is 5.92 Å². The molecule has 0 bridgehead atoms. The first kappa shape index (κ1) is 26.7. The molecule has 1 aliphatic heterocycles. The highest BCUT2D eigenvalue weighted by atomic mass is 32.2. The maximum absolute atomic E-state index is 12.6. The van der Waals surface area contributed by atoms with Crippen molar-refractivity contribution in [3.63, 3.8) is 0 Å². The number of nitrogens with one attached hydrogen (secondary N) is 1. The van der Waals surface area contributed by atoms with Gasteiger partial charge in [0.1, 0.15) is 10.6 Å². The van der Waals surface area contributed by atoms with Crippen LogP contribution in [-0.4, -0.2) is 64.2 Å². The smallest absolute Gasteiger partial charge is 0.242 e. The van der Waals surface area contributed by atoms with Crippen molar-refractivity contribution in [2.75, 3.05) is 44.7 Å². The average Bonchev–Trinajstić information content (AvgIpc) is 2.97. The second-order valence-electron chi connectivity index (χ2n) is 10.4. The fourth-order valence-electron chi connectivity index (χ4n) is 5.69. The lowest BCUT2D eigenvalue weighted by Gasteiger charge is -2.37. The Labute approximate surface area is 226 Å². The summed E-state index contributed by atoms with van der Waals surface area (Å²) in [5.41, 5.74) is 3.53. The Hall–Kier alpha value is -2.94. The van der Waals surface area contributed by atoms with E-state index in [2.05, 4.69) is 62.0 Å². The zero-order chi connectivity index (χ0) is 26.4. The predicted molar refractivity (Wildman–Crippen MR) is 152 cm³/mol. The molecule has 0 atom stereocenters. The molecule has 2 fully saturated rings. The van der Waals surface area contributed by atoms with Crippen LogP contribution in [-0.2, 0) is 10.0 Å². The number of anilines is 1. The van der Waals surface area contributed by atoms with Crippen molar-refractivity contribution in [2.24, 2.45) is 5.92 Å². The van der Waals surface area contributed by atoms with Crippen molar-refractivity contribution >= 4 is 15.7 Å². The van der Waals surface area contributed by atoms with Crippen LogP contribution in [0.2, 0.25) is 0 Å². The first-order valence-corrected chi connectivity index (χ1v) is 15.1. The summed E-state index contributed by atoms with van der Waals surface area (Å²) < 4.78 is 33.9. The van der Waals surface area contributed by atoms with Gasteiger partial charge in [0.15, 0.2) is 0 Å². The number of rotatable bonds is 9. The van der Waals surface area contributed by atoms with Crippen LogP contribution in [0.25, 0.3) is 11.1 Å². The maximum Gasteiger partial charge on any atom is 0.242 e. The molecule has 0 amide bonds. The van der Waals surface area contributed by atoms with Gasteiger partial charge in [0.25, 0.3) is 0 Å². The van der Waals surface area contributed by atoms with E-state index in [-0.39, 0.29) is 10.9 Å². The van der Waals surface area contributed by atoms with Gasteiger partial charge in [0.05, 0.1) is 12.8 Å². The lowest BCUT2D eigenvalue weighted by Crippen LogP contribution is -2.47. The van der Waals surface area contributed by atoms with Crippen LogP contribution in [0.4, 0.5) is 5.69 Å². The van der Waals surface area contributed by atoms with Gasteiger partial charge in [-0.05, 0) is 80.0 Å². The highest BCUT2D eigenvalue weighted by Crippen LogP contribution is 2.34. The van der Waals surface area contributed by atoms with Crippen LogP contribution in [0.15, 0.2) is 78.0 Å². The van der Waals surface area contributed by atoms with Crippen molar-refractivity contribution < 1.29 is 13.2 Å². The predicted octanol–water partition coefficient (Wildman–Crippen LogP) is 4.81. The van der Waals surface area contributed by atoms with Crippen LogP contribution in [0.5, 0.6) is 5.75 Å². The molecule has 1 saturated carbocycles. The van der Waals surface area contributed by atoms with Gasteiger partial charge in [-0.1, -0.05) is 36.4 Å². The summed E-state index contributed by atoms with van der Waals surface area (Å²) in [6.45, 7) is 5.18. The van der Waals surface area contributed by atoms with Crippen molar-refractivity contribution in [2.45, 2.75) is 43.0 Å². The number of benzene rings is 2. The van der Waals surface area contributed by atoms with Crippen molar-refractivity contribution in [3.05, 3.63) is 73.1 Å². The van der Waals surface area contributed by atoms with Gasteiger partial charge in [0, 0.05) is 44.6 Å². The molecule has 2 aromatic carbocycles. The molecule has 2 heterocycles. The first-order valence-electron chi connectivity index (χ1n) is 13.6. The third-order valence-electron chi connectivity index (χ3n) is 7.97. The molecule has 202 valence electrons. The molecule has 8 heteroatoms. The van der Waals surface area contributed by atoms with Crippen molar-refractivity contribution in [1.29, 1.82) is 0 Å². The standard InChI is InChI=1S/C30H38N4O3S/c1-37-30-22-26(25-6-3-2-4-7-25)11-14-29(30)34-20-18-33(19-21-34)17-15-24-9-12-27(13-10-24)32-38(35,36)28-8-5-16-31-23-28/h2-8,11,14,16,22-24,27,32H,9-10,12-13,15,17-21H2,1H3. The van der Waals surface area contributed by atoms with Gasteiger partial charge in [-0.2, -0.15) is 0 Å². The number of piperazine rings is 1. The fourth-order valence-corrected chi connectivity index (χ4v) is 6.96. The van der Waals surface area contributed by atoms with E-state index in [0.717, 1.165) is 64.2 Å². The summed E-state index contributed by atoms with van der Waals surface area (Å²) in [5.74, 6) is 1.59. The minimum atomic E-state index is -3.49. The second kappa shape index (κ2) is 12.3. The van der Waals surface area contributed by atoms with E-state index < -0.39 is 10.0 Å². The number of pyridine rings is 1. The van der Waals surface area contributed by atoms with Gasteiger partial charge < -0.3 is 9.64 Å². The Kier molecular flexibility index (Phi) is 8.61. The molecule has 0 unspecified atom stereocenters. The minimum Gasteiger partial charge on any atom is -0.495 e. The zero-order valence-electron chi connectivity index (χ0n) is 22.1. The lowest BCUT2D eigenvalue weighted by atomic mass is 9.84. The first-order chi connectivity index (χ1) is 18.5. The molecule has 5 rings (SSSR count). The van der Waals surface area contributed by atoms with E-state index in [1.54, 1.807) is 25.4 Å². The molecular formula is C30H38N4O3S. The molecular weight excluding hydrogens is 496 g/mol. The SMILES string of the molecule is COc1cc(-c2ccccc2)ccc1N1CCN(CCC2CCC(NS(=O)(=O)c3cccnc3)CC2)CC1. The highest BCUT2D eigenvalue weighted by Gasteiger charge is 2.27. The van der Waals surface area contributed by atoms with Gasteiger partial charge >= 0.3 is 0 Å². The summed E-state index contributed by atoms with van der Waals surface area (Å²) in [7, 11) is -1.74. The number of ether oxygens (including phenoxy) is 1. The Morgan fingerprint density at radius 1 is 0.921 bits per heavy atom. The van der Waals surface area contributed by atoms with Gasteiger partial charge in [0.2, 0.25) is 10.0 Å². The number of sulfonamides is 1. The zero-order valence-corrected chi connectivity index (χ0v) is 22.9. The molecule has 0 spiro atoms. The third-order valence-corrected chi connectivity index (χ3v) is 9.47. The number of hydrogen-bond donors (Lipinski definition) is 1. The van der Waals surface area contributed by atoms with Crippen molar-refractivity contribution in [1.82, 2.24) is 14.6 Å². The lowest BCUT2D eigenvalue weighted by molar-refractivity contribution is 0.214. The quantitative estimate of drug-likeness (QED) is 0.425. The normalized spacial score (nSPS) is 20.8. The van der Waals surface area contributed by atoms with Crippen LogP contribution in [0.1, 0.15) is 32.1 Å². The molecule has 1 saturated heterocycles. The molecule has 1 aromatic heterocycles. The number of methoxy groups -OCH3 is 1. The van der Waals surface area contributed by atoms with E-state index in [1.165, 1.54) is 29.4 Å². The van der Waals surface area contributed by atoms with Gasteiger partial charge in [-0.15, -0.1) is 0 Å². The number of aromatic nitrogens is 1. The molecule has 2 aliphatic rings. The van der Waals surface area contributed by atoms with E-state index >= 15 is 0 Å². The summed E-state index contributed by atoms with van der Waals surface area (Å²) in [5, 5.41) is 0. The summed E-state index contributed by atoms with van der Waals surface area (Å²) >= 11 is 0. The van der Waals surface area contributed by atoms with E-state index in [1.807, 2.05) is 6.07 Å².